The quantitative estimate of drug-likeness (QED) is 0.648. The number of likely N-dealkylation sites (N-methyl/N-ethyl adjacent to an activating group) is 1. The third kappa shape index (κ3) is 4.63. The van der Waals surface area contributed by atoms with Crippen molar-refractivity contribution in [1.29, 1.82) is 0 Å². The number of imidazole rings is 1. The van der Waals surface area contributed by atoms with Crippen molar-refractivity contribution in [1.82, 2.24) is 19.8 Å². The fourth-order valence-corrected chi connectivity index (χ4v) is 4.44. The molecule has 1 heterocycles. The minimum absolute atomic E-state index is 0.0814. The topological polar surface area (TPSA) is 67.2 Å². The van der Waals surface area contributed by atoms with Crippen LogP contribution in [-0.4, -0.2) is 39.4 Å². The minimum atomic E-state index is -0.340. The van der Waals surface area contributed by atoms with Crippen LogP contribution in [0.1, 0.15) is 61.3 Å². The Bertz CT molecular complexity index is 1050. The lowest BCUT2D eigenvalue weighted by atomic mass is 9.94. The molecule has 1 unspecified atom stereocenters. The Balaban J connectivity index is 1.58. The average Bonchev–Trinajstić information content (AvgIpc) is 3.18. The van der Waals surface area contributed by atoms with Crippen molar-refractivity contribution in [2.45, 2.75) is 57.7 Å². The van der Waals surface area contributed by atoms with Crippen LogP contribution in [0.3, 0.4) is 0 Å². The van der Waals surface area contributed by atoms with Gasteiger partial charge in [-0.15, -0.1) is 0 Å². The highest BCUT2D eigenvalue weighted by atomic mass is 16.2. The van der Waals surface area contributed by atoms with Crippen molar-refractivity contribution < 1.29 is 9.59 Å². The summed E-state index contributed by atoms with van der Waals surface area (Å²) in [6.07, 6.45) is 5.77. The number of carbonyl (C=O) groups excluding carboxylic acids is 2. The first-order valence-corrected chi connectivity index (χ1v) is 11.1. The molecule has 1 aromatic heterocycles. The number of hydrogen-bond donors (Lipinski definition) is 1. The van der Waals surface area contributed by atoms with Gasteiger partial charge in [-0.3, -0.25) is 9.59 Å². The molecule has 0 aliphatic heterocycles. The van der Waals surface area contributed by atoms with Crippen LogP contribution >= 0.6 is 0 Å². The van der Waals surface area contributed by atoms with E-state index in [4.69, 9.17) is 4.98 Å². The second-order valence-electron chi connectivity index (χ2n) is 8.40. The summed E-state index contributed by atoms with van der Waals surface area (Å²) in [6, 6.07) is 16.9. The van der Waals surface area contributed by atoms with Gasteiger partial charge in [0.25, 0.3) is 5.91 Å². The van der Waals surface area contributed by atoms with Gasteiger partial charge in [-0.2, -0.15) is 0 Å². The molecular formula is C25H30N4O2. The maximum atomic E-state index is 13.2. The van der Waals surface area contributed by atoms with Crippen LogP contribution in [0.4, 0.5) is 0 Å². The van der Waals surface area contributed by atoms with Crippen LogP contribution < -0.4 is 5.32 Å². The van der Waals surface area contributed by atoms with Crippen LogP contribution in [0.25, 0.3) is 11.0 Å². The van der Waals surface area contributed by atoms with Gasteiger partial charge in [-0.1, -0.05) is 49.6 Å². The van der Waals surface area contributed by atoms with E-state index in [-0.39, 0.29) is 24.4 Å². The monoisotopic (exact) mass is 418 g/mol. The maximum Gasteiger partial charge on any atom is 0.251 e. The smallest absolute Gasteiger partial charge is 0.251 e. The summed E-state index contributed by atoms with van der Waals surface area (Å²) in [7, 11) is 1.91. The van der Waals surface area contributed by atoms with Crippen molar-refractivity contribution >= 4 is 22.8 Å². The molecule has 4 rings (SSSR count). The molecule has 3 aromatic rings. The first-order valence-electron chi connectivity index (χ1n) is 11.1. The highest BCUT2D eigenvalue weighted by Gasteiger charge is 2.25. The predicted octanol–water partition coefficient (Wildman–Crippen LogP) is 4.32. The molecule has 1 aliphatic carbocycles. The van der Waals surface area contributed by atoms with Crippen molar-refractivity contribution in [3.05, 3.63) is 66.0 Å². The second kappa shape index (κ2) is 9.33. The molecule has 1 aliphatic rings. The number of nitrogens with one attached hydrogen (secondary N) is 1. The average molecular weight is 419 g/mol. The summed E-state index contributed by atoms with van der Waals surface area (Å²) in [5.74, 6) is 0.617. The highest BCUT2D eigenvalue weighted by molar-refractivity contribution is 5.94. The largest absolute Gasteiger partial charge is 0.342 e. The SMILES string of the molecule is CC(NC(=O)c1ccccc1)c1nc2ccccc2n1CC(=O)N(C)C1CCCCC1. The molecule has 1 atom stereocenters. The Morgan fingerprint density at radius 3 is 2.48 bits per heavy atom. The number of hydrogen-bond acceptors (Lipinski definition) is 3. The highest BCUT2D eigenvalue weighted by Crippen LogP contribution is 2.24. The molecular weight excluding hydrogens is 388 g/mol. The summed E-state index contributed by atoms with van der Waals surface area (Å²) in [4.78, 5) is 32.5. The lowest BCUT2D eigenvalue weighted by molar-refractivity contribution is -0.133. The summed E-state index contributed by atoms with van der Waals surface area (Å²) >= 11 is 0. The molecule has 0 spiro atoms. The van der Waals surface area contributed by atoms with Gasteiger partial charge < -0.3 is 14.8 Å². The van der Waals surface area contributed by atoms with E-state index in [0.717, 1.165) is 23.9 Å². The third-order valence-electron chi connectivity index (χ3n) is 6.26. The van der Waals surface area contributed by atoms with E-state index in [2.05, 4.69) is 5.32 Å². The summed E-state index contributed by atoms with van der Waals surface area (Å²) in [5.41, 5.74) is 2.33. The third-order valence-corrected chi connectivity index (χ3v) is 6.26. The van der Waals surface area contributed by atoms with Gasteiger partial charge in [0.05, 0.1) is 17.1 Å². The zero-order valence-electron chi connectivity index (χ0n) is 18.3. The number of benzene rings is 2. The number of carbonyl (C=O) groups is 2. The molecule has 2 amide bonds. The van der Waals surface area contributed by atoms with Crippen molar-refractivity contribution in [2.75, 3.05) is 7.05 Å². The lowest BCUT2D eigenvalue weighted by Gasteiger charge is -2.31. The maximum absolute atomic E-state index is 13.2. The van der Waals surface area contributed by atoms with E-state index in [1.54, 1.807) is 12.1 Å². The van der Waals surface area contributed by atoms with E-state index >= 15 is 0 Å². The lowest BCUT2D eigenvalue weighted by Crippen LogP contribution is -2.40. The van der Waals surface area contributed by atoms with Crippen LogP contribution in [-0.2, 0) is 11.3 Å². The fraction of sp³-hybridized carbons (Fsp3) is 0.400. The van der Waals surface area contributed by atoms with E-state index < -0.39 is 0 Å². The van der Waals surface area contributed by atoms with Gasteiger partial charge in [0.1, 0.15) is 12.4 Å². The molecule has 0 bridgehead atoms. The van der Waals surface area contributed by atoms with Crippen LogP contribution in [0.5, 0.6) is 0 Å². The Labute approximate surface area is 183 Å². The van der Waals surface area contributed by atoms with E-state index in [9.17, 15) is 9.59 Å². The Morgan fingerprint density at radius 1 is 1.06 bits per heavy atom. The number of aromatic nitrogens is 2. The van der Waals surface area contributed by atoms with E-state index in [1.807, 2.05) is 65.9 Å². The number of fused-ring (bicyclic) bond motifs is 1. The van der Waals surface area contributed by atoms with Crippen LogP contribution in [0.2, 0.25) is 0 Å². The predicted molar refractivity (Wildman–Crippen MR) is 122 cm³/mol. The summed E-state index contributed by atoms with van der Waals surface area (Å²) in [6.45, 7) is 2.13. The van der Waals surface area contributed by atoms with Gasteiger partial charge in [0.15, 0.2) is 0 Å². The second-order valence-corrected chi connectivity index (χ2v) is 8.40. The molecule has 31 heavy (non-hydrogen) atoms. The molecule has 1 fully saturated rings. The van der Waals surface area contributed by atoms with Crippen LogP contribution in [0.15, 0.2) is 54.6 Å². The molecule has 0 radical (unpaired) electrons. The first kappa shape index (κ1) is 21.1. The Morgan fingerprint density at radius 2 is 1.74 bits per heavy atom. The molecule has 162 valence electrons. The van der Waals surface area contributed by atoms with Crippen molar-refractivity contribution in [3.63, 3.8) is 0 Å². The zero-order chi connectivity index (χ0) is 21.8. The molecule has 2 aromatic carbocycles. The molecule has 0 saturated heterocycles. The molecule has 6 heteroatoms. The number of rotatable bonds is 6. The van der Waals surface area contributed by atoms with Gasteiger partial charge in [-0.05, 0) is 44.0 Å². The van der Waals surface area contributed by atoms with Crippen molar-refractivity contribution in [2.24, 2.45) is 0 Å². The van der Waals surface area contributed by atoms with Crippen LogP contribution in [0, 0.1) is 0 Å². The first-order chi connectivity index (χ1) is 15.0. The van der Waals surface area contributed by atoms with Gasteiger partial charge in [0, 0.05) is 18.7 Å². The molecule has 1 saturated carbocycles. The van der Waals surface area contributed by atoms with E-state index in [1.165, 1.54) is 19.3 Å². The number of nitrogens with zero attached hydrogens (tertiary/aromatic N) is 3. The molecule has 6 nitrogen and oxygen atoms in total. The zero-order valence-corrected chi connectivity index (χ0v) is 18.3. The number of amides is 2. The summed E-state index contributed by atoms with van der Waals surface area (Å²) < 4.78 is 1.95. The van der Waals surface area contributed by atoms with Gasteiger partial charge in [0.2, 0.25) is 5.91 Å². The summed E-state index contributed by atoms with van der Waals surface area (Å²) in [5, 5.41) is 3.03. The van der Waals surface area contributed by atoms with Gasteiger partial charge >= 0.3 is 0 Å². The Kier molecular flexibility index (Phi) is 6.35. The number of para-hydroxylation sites is 2. The minimum Gasteiger partial charge on any atom is -0.342 e. The normalized spacial score (nSPS) is 15.5. The van der Waals surface area contributed by atoms with Gasteiger partial charge in [-0.25, -0.2) is 4.98 Å². The fourth-order valence-electron chi connectivity index (χ4n) is 4.44. The standard InChI is InChI=1S/C25H30N4O2/c1-18(26-25(31)19-11-5-3-6-12-19)24-27-21-15-9-10-16-22(21)29(24)17-23(30)28(2)20-13-7-4-8-14-20/h3,5-6,9-12,15-16,18,20H,4,7-8,13-14,17H2,1-2H3,(H,26,31). The van der Waals surface area contributed by atoms with E-state index in [0.29, 0.717) is 17.4 Å². The molecule has 1 N–H and O–H groups in total. The van der Waals surface area contributed by atoms with Crippen molar-refractivity contribution in [3.8, 4) is 0 Å². The Hall–Kier alpha value is -3.15.